The maximum Gasteiger partial charge on any atom is 0.264 e. The lowest BCUT2D eigenvalue weighted by Gasteiger charge is -2.31. The first-order valence-corrected chi connectivity index (χ1v) is 13.3. The molecule has 4 rings (SSSR count). The van der Waals surface area contributed by atoms with Crippen molar-refractivity contribution < 1.29 is 23.5 Å². The number of ether oxygens (including phenoxy) is 1. The lowest BCUT2D eigenvalue weighted by atomic mass is 9.82. The van der Waals surface area contributed by atoms with E-state index in [1.807, 2.05) is 25.1 Å². The Bertz CT molecular complexity index is 858. The number of carbonyl (C=O) groups is 2. The molecule has 0 bridgehead atoms. The number of nitrogens with zero attached hydrogens (tertiary/aromatic N) is 2. The van der Waals surface area contributed by atoms with Crippen LogP contribution in [0.2, 0.25) is 18.6 Å². The van der Waals surface area contributed by atoms with Crippen LogP contribution in [0.5, 0.6) is 0 Å². The van der Waals surface area contributed by atoms with E-state index >= 15 is 4.11 Å². The summed E-state index contributed by atoms with van der Waals surface area (Å²) in [6.07, 6.45) is 1.13. The van der Waals surface area contributed by atoms with E-state index in [-0.39, 0.29) is 24.3 Å². The zero-order valence-electron chi connectivity index (χ0n) is 17.4. The van der Waals surface area contributed by atoms with Crippen molar-refractivity contribution in [3.05, 3.63) is 23.8 Å². The van der Waals surface area contributed by atoms with Crippen molar-refractivity contribution in [1.29, 1.82) is 0 Å². The van der Waals surface area contributed by atoms with Crippen molar-refractivity contribution in [2.75, 3.05) is 30.0 Å². The summed E-state index contributed by atoms with van der Waals surface area (Å²) in [6.45, 7) is 5.72. The minimum absolute atomic E-state index is 0.0744. The maximum atomic E-state index is 15.3. The highest BCUT2D eigenvalue weighted by Crippen LogP contribution is 2.60. The molecule has 2 amide bonds. The van der Waals surface area contributed by atoms with Crippen molar-refractivity contribution in [3.8, 4) is 0 Å². The molecule has 8 heteroatoms. The molecule has 158 valence electrons. The second-order valence-corrected chi connectivity index (χ2v) is 12.8. The predicted octanol–water partition coefficient (Wildman–Crippen LogP) is 2.95. The zero-order valence-corrected chi connectivity index (χ0v) is 18.4. The second-order valence-electron chi connectivity index (χ2n) is 9.00. The van der Waals surface area contributed by atoms with Crippen LogP contribution in [0.25, 0.3) is 0 Å². The molecule has 0 radical (unpaired) electrons. The highest BCUT2D eigenvalue weighted by molar-refractivity contribution is 6.72. The Labute approximate surface area is 171 Å². The zero-order chi connectivity index (χ0) is 21.1. The fraction of sp³-hybridized carbons (Fsp3) is 0.619. The van der Waals surface area contributed by atoms with Crippen LogP contribution in [0.4, 0.5) is 15.5 Å². The quantitative estimate of drug-likeness (QED) is 0.601. The standard InChI is InChI=1S/C21H29FN2O4Si/c1-13-19(29(3,4)22)17(9-11-25)28-21(13)15-12-14(24-10-5-6-18(24)26)7-8-16(15)23(2)20(21)27/h7-8,12-13,17,19,25H,5-6,9-11H2,1-4H3/t13-,17+,19-,21+/m1/s1. The van der Waals surface area contributed by atoms with E-state index in [0.29, 0.717) is 24.9 Å². The molecule has 2 fully saturated rings. The molecule has 3 aliphatic rings. The predicted molar refractivity (Wildman–Crippen MR) is 111 cm³/mol. The number of amides is 2. The molecule has 0 unspecified atom stereocenters. The van der Waals surface area contributed by atoms with Gasteiger partial charge in [0.25, 0.3) is 5.91 Å². The van der Waals surface area contributed by atoms with E-state index in [4.69, 9.17) is 4.74 Å². The average Bonchev–Trinajstić information content (AvgIpc) is 3.26. The van der Waals surface area contributed by atoms with Crippen LogP contribution in [-0.2, 0) is 19.9 Å². The van der Waals surface area contributed by atoms with Crippen molar-refractivity contribution in [3.63, 3.8) is 0 Å². The number of hydrogen-bond acceptors (Lipinski definition) is 4. The number of aliphatic hydroxyl groups is 1. The molecule has 2 saturated heterocycles. The van der Waals surface area contributed by atoms with Gasteiger partial charge in [0, 0.05) is 49.3 Å². The number of benzene rings is 1. The highest BCUT2D eigenvalue weighted by atomic mass is 28.4. The summed E-state index contributed by atoms with van der Waals surface area (Å²) in [4.78, 5) is 29.0. The van der Waals surface area contributed by atoms with Gasteiger partial charge in [-0.05, 0) is 44.1 Å². The van der Waals surface area contributed by atoms with Gasteiger partial charge in [0.15, 0.2) is 5.60 Å². The lowest BCUT2D eigenvalue weighted by molar-refractivity contribution is -0.146. The fourth-order valence-electron chi connectivity index (χ4n) is 5.63. The van der Waals surface area contributed by atoms with Gasteiger partial charge in [-0.15, -0.1) is 0 Å². The molecule has 1 spiro atoms. The molecule has 1 aromatic rings. The summed E-state index contributed by atoms with van der Waals surface area (Å²) in [7, 11) is -1.47. The normalized spacial score (nSPS) is 32.0. The third-order valence-corrected chi connectivity index (χ3v) is 9.33. The van der Waals surface area contributed by atoms with E-state index in [1.54, 1.807) is 29.9 Å². The Morgan fingerprint density at radius 3 is 2.66 bits per heavy atom. The van der Waals surface area contributed by atoms with E-state index in [1.165, 1.54) is 0 Å². The number of fused-ring (bicyclic) bond motifs is 2. The van der Waals surface area contributed by atoms with Crippen molar-refractivity contribution in [2.24, 2.45) is 5.92 Å². The molecule has 0 aromatic heterocycles. The van der Waals surface area contributed by atoms with Crippen molar-refractivity contribution >= 4 is 31.6 Å². The first kappa shape index (κ1) is 20.5. The van der Waals surface area contributed by atoms with Gasteiger partial charge in [-0.25, -0.2) is 0 Å². The number of carbonyl (C=O) groups excluding carboxylic acids is 2. The van der Waals surface area contributed by atoms with Gasteiger partial charge in [0.1, 0.15) is 0 Å². The summed E-state index contributed by atoms with van der Waals surface area (Å²) in [5.74, 6) is -0.495. The number of anilines is 2. The van der Waals surface area contributed by atoms with Crippen LogP contribution < -0.4 is 9.80 Å². The summed E-state index contributed by atoms with van der Waals surface area (Å²) in [6, 6.07) is 5.59. The summed E-state index contributed by atoms with van der Waals surface area (Å²) in [5.41, 5.74) is 0.514. The second kappa shape index (κ2) is 6.89. The summed E-state index contributed by atoms with van der Waals surface area (Å²) < 4.78 is 21.7. The first-order valence-electron chi connectivity index (χ1n) is 10.3. The van der Waals surface area contributed by atoms with Gasteiger partial charge in [-0.1, -0.05) is 6.92 Å². The van der Waals surface area contributed by atoms with E-state index < -0.39 is 25.7 Å². The molecule has 1 N–H and O–H groups in total. The van der Waals surface area contributed by atoms with Crippen LogP contribution in [-0.4, -0.2) is 51.6 Å². The Hall–Kier alpha value is -1.77. The van der Waals surface area contributed by atoms with Crippen LogP contribution in [0.15, 0.2) is 18.2 Å². The summed E-state index contributed by atoms with van der Waals surface area (Å²) >= 11 is 0. The molecule has 6 nitrogen and oxygen atoms in total. The Morgan fingerprint density at radius 1 is 1.34 bits per heavy atom. The smallest absolute Gasteiger partial charge is 0.264 e. The molecule has 3 aliphatic heterocycles. The average molecular weight is 421 g/mol. The largest absolute Gasteiger partial charge is 0.396 e. The maximum absolute atomic E-state index is 15.3. The lowest BCUT2D eigenvalue weighted by Crippen LogP contribution is -2.44. The SMILES string of the molecule is C[C@@H]1[C@@H]([Si](C)(C)F)[C@H](CCO)O[C@@]12C(=O)N(C)c1ccc(N3CCCC3=O)cc12. The van der Waals surface area contributed by atoms with Gasteiger partial charge in [-0.2, -0.15) is 0 Å². The molecule has 0 aliphatic carbocycles. The minimum Gasteiger partial charge on any atom is -0.396 e. The van der Waals surface area contributed by atoms with Crippen molar-refractivity contribution in [2.45, 2.75) is 56.5 Å². The van der Waals surface area contributed by atoms with Crippen LogP contribution in [0.1, 0.15) is 31.7 Å². The molecular weight excluding hydrogens is 391 g/mol. The number of aliphatic hydroxyl groups excluding tert-OH is 1. The number of likely N-dealkylation sites (N-methyl/N-ethyl adjacent to an activating group) is 1. The molecule has 1 aromatic carbocycles. The minimum atomic E-state index is -3.18. The van der Waals surface area contributed by atoms with E-state index in [2.05, 4.69) is 0 Å². The van der Waals surface area contributed by atoms with Crippen LogP contribution in [0, 0.1) is 5.92 Å². The van der Waals surface area contributed by atoms with Gasteiger partial charge in [-0.3, -0.25) is 9.59 Å². The number of halogens is 1. The molecular formula is C21H29FN2O4Si. The Kier molecular flexibility index (Phi) is 4.87. The van der Waals surface area contributed by atoms with Crippen LogP contribution in [0.3, 0.4) is 0 Å². The molecule has 29 heavy (non-hydrogen) atoms. The Morgan fingerprint density at radius 2 is 2.07 bits per heavy atom. The summed E-state index contributed by atoms with van der Waals surface area (Å²) in [5, 5.41) is 9.53. The van der Waals surface area contributed by atoms with E-state index in [0.717, 1.165) is 17.8 Å². The van der Waals surface area contributed by atoms with E-state index in [9.17, 15) is 14.7 Å². The number of hydrogen-bond donors (Lipinski definition) is 1. The highest BCUT2D eigenvalue weighted by Gasteiger charge is 2.66. The Balaban J connectivity index is 1.84. The van der Waals surface area contributed by atoms with Gasteiger partial charge in [0.2, 0.25) is 14.3 Å². The topological polar surface area (TPSA) is 70.1 Å². The third-order valence-electron chi connectivity index (χ3n) is 6.87. The van der Waals surface area contributed by atoms with Gasteiger partial charge >= 0.3 is 0 Å². The third kappa shape index (κ3) is 2.87. The van der Waals surface area contributed by atoms with Crippen molar-refractivity contribution in [1.82, 2.24) is 0 Å². The monoisotopic (exact) mass is 420 g/mol. The van der Waals surface area contributed by atoms with Gasteiger partial charge in [0.05, 0.1) is 11.8 Å². The molecule has 0 saturated carbocycles. The molecule has 3 heterocycles. The van der Waals surface area contributed by atoms with Gasteiger partial charge < -0.3 is 23.8 Å². The first-order chi connectivity index (χ1) is 13.6. The fourth-order valence-corrected chi connectivity index (χ4v) is 8.17. The van der Waals surface area contributed by atoms with Crippen LogP contribution >= 0.6 is 0 Å². The number of rotatable bonds is 4. The molecule has 4 atom stereocenters.